The van der Waals surface area contributed by atoms with Gasteiger partial charge in [-0.15, -0.1) is 0 Å². The average Bonchev–Trinajstić information content (AvgIpc) is 3.03. The van der Waals surface area contributed by atoms with Gasteiger partial charge in [0.25, 0.3) is 5.91 Å². The van der Waals surface area contributed by atoms with Gasteiger partial charge >= 0.3 is 0 Å². The number of nitrogens with zero attached hydrogens (tertiary/aromatic N) is 1. The van der Waals surface area contributed by atoms with Crippen LogP contribution in [0.1, 0.15) is 11.1 Å². The zero-order valence-electron chi connectivity index (χ0n) is 11.2. The summed E-state index contributed by atoms with van der Waals surface area (Å²) in [7, 11) is 0. The Morgan fingerprint density at radius 2 is 1.77 bits per heavy atom. The Balaban J connectivity index is 1.97. The Labute approximate surface area is 124 Å². The van der Waals surface area contributed by atoms with E-state index in [0.717, 1.165) is 5.69 Å². The Kier molecular flexibility index (Phi) is 2.53. The monoisotopic (exact) mass is 295 g/mol. The van der Waals surface area contributed by atoms with E-state index in [2.05, 4.69) is 15.8 Å². The predicted octanol–water partition coefficient (Wildman–Crippen LogP) is 2.79. The highest BCUT2D eigenvalue weighted by Gasteiger charge is 2.34. The molecule has 0 saturated carbocycles. The lowest BCUT2D eigenvalue weighted by Crippen LogP contribution is -2.12. The van der Waals surface area contributed by atoms with Gasteiger partial charge in [-0.25, -0.2) is 4.39 Å². The summed E-state index contributed by atoms with van der Waals surface area (Å²) in [5, 5.41) is 18.4. The van der Waals surface area contributed by atoms with E-state index in [4.69, 9.17) is 0 Å². The number of amides is 1. The number of fused-ring (bicyclic) bond motifs is 2. The molecule has 5 nitrogen and oxygen atoms in total. The van der Waals surface area contributed by atoms with Crippen molar-refractivity contribution in [1.29, 1.82) is 0 Å². The van der Waals surface area contributed by atoms with Crippen molar-refractivity contribution in [1.82, 2.24) is 0 Å². The predicted molar refractivity (Wildman–Crippen MR) is 80.3 cm³/mol. The van der Waals surface area contributed by atoms with Crippen molar-refractivity contribution < 1.29 is 14.4 Å². The molecular weight excluding hydrogens is 285 g/mol. The third-order valence-electron chi connectivity index (χ3n) is 3.75. The first-order valence-electron chi connectivity index (χ1n) is 6.63. The molecule has 0 radical (unpaired) electrons. The minimum atomic E-state index is -0.439. The van der Waals surface area contributed by atoms with Gasteiger partial charge in [0, 0.05) is 22.5 Å². The maximum Gasteiger partial charge on any atom is 0.258 e. The van der Waals surface area contributed by atoms with E-state index in [-0.39, 0.29) is 17.2 Å². The van der Waals surface area contributed by atoms with Gasteiger partial charge in [-0.1, -0.05) is 23.4 Å². The maximum atomic E-state index is 13.5. The lowest BCUT2D eigenvalue weighted by Gasteiger charge is -2.05. The number of oxime groups is 1. The number of allylic oxidation sites excluding steroid dienone is 1. The molecule has 22 heavy (non-hydrogen) atoms. The Morgan fingerprint density at radius 3 is 2.59 bits per heavy atom. The van der Waals surface area contributed by atoms with Crippen molar-refractivity contribution in [3.8, 4) is 0 Å². The zero-order valence-corrected chi connectivity index (χ0v) is 11.2. The van der Waals surface area contributed by atoms with Gasteiger partial charge in [0.15, 0.2) is 0 Å². The Bertz CT molecular complexity index is 887. The van der Waals surface area contributed by atoms with E-state index in [0.29, 0.717) is 22.5 Å². The van der Waals surface area contributed by atoms with Crippen molar-refractivity contribution in [3.05, 3.63) is 65.1 Å². The minimum Gasteiger partial charge on any atom is -0.410 e. The molecule has 0 spiro atoms. The van der Waals surface area contributed by atoms with Crippen molar-refractivity contribution >= 4 is 28.6 Å². The van der Waals surface area contributed by atoms with Gasteiger partial charge < -0.3 is 15.8 Å². The molecule has 2 heterocycles. The summed E-state index contributed by atoms with van der Waals surface area (Å²) in [4.78, 5) is 12.3. The highest BCUT2D eigenvalue weighted by Crippen LogP contribution is 2.39. The van der Waals surface area contributed by atoms with Crippen molar-refractivity contribution in [2.24, 2.45) is 5.16 Å². The normalized spacial score (nSPS) is 20.6. The molecule has 0 aromatic heterocycles. The number of nitrogens with one attached hydrogen (secondary N) is 2. The van der Waals surface area contributed by atoms with Crippen molar-refractivity contribution in [3.63, 3.8) is 0 Å². The Morgan fingerprint density at radius 1 is 1.00 bits per heavy atom. The van der Waals surface area contributed by atoms with Crippen LogP contribution in [0.15, 0.2) is 53.3 Å². The molecule has 4 rings (SSSR count). The zero-order chi connectivity index (χ0) is 15.3. The molecule has 0 aliphatic carbocycles. The van der Waals surface area contributed by atoms with Crippen LogP contribution in [0.25, 0.3) is 5.57 Å². The molecule has 6 heteroatoms. The standard InChI is InChI=1S/C16H10FN3O2/c17-8-5-6-12-10(7-8)13(16(21)19-12)15-14(20-22)9-3-1-2-4-11(9)18-15/h1-7,18,22H,(H,19,21). The molecule has 2 aromatic carbocycles. The summed E-state index contributed by atoms with van der Waals surface area (Å²) in [6, 6.07) is 11.3. The summed E-state index contributed by atoms with van der Waals surface area (Å²) >= 11 is 0. The lowest BCUT2D eigenvalue weighted by atomic mass is 10.0. The quantitative estimate of drug-likeness (QED) is 0.397. The number of carbonyl (C=O) groups excluding carboxylic acids is 1. The number of carbonyl (C=O) groups is 1. The number of hydrogen-bond acceptors (Lipinski definition) is 4. The smallest absolute Gasteiger partial charge is 0.258 e. The van der Waals surface area contributed by atoms with E-state index in [1.807, 2.05) is 18.2 Å². The second kappa shape index (κ2) is 4.42. The molecule has 108 valence electrons. The molecule has 0 atom stereocenters. The van der Waals surface area contributed by atoms with Gasteiger partial charge in [0.2, 0.25) is 0 Å². The lowest BCUT2D eigenvalue weighted by molar-refractivity contribution is -0.110. The third kappa shape index (κ3) is 1.64. The second-order valence-corrected chi connectivity index (χ2v) is 5.01. The highest BCUT2D eigenvalue weighted by atomic mass is 19.1. The van der Waals surface area contributed by atoms with E-state index in [1.54, 1.807) is 6.07 Å². The molecule has 0 bridgehead atoms. The molecule has 3 N–H and O–H groups in total. The van der Waals surface area contributed by atoms with Crippen LogP contribution >= 0.6 is 0 Å². The SMILES string of the molecule is O=C1Nc2ccc(F)cc2C1=C1Nc2ccccc2C1=NO. The third-order valence-corrected chi connectivity index (χ3v) is 3.75. The number of rotatable bonds is 0. The summed E-state index contributed by atoms with van der Waals surface area (Å²) in [5.41, 5.74) is 3.29. The van der Waals surface area contributed by atoms with Gasteiger partial charge in [-0.2, -0.15) is 0 Å². The molecule has 2 aromatic rings. The maximum absolute atomic E-state index is 13.5. The van der Waals surface area contributed by atoms with E-state index in [9.17, 15) is 14.4 Å². The molecule has 2 aliphatic heterocycles. The van der Waals surface area contributed by atoms with Crippen LogP contribution in [0.3, 0.4) is 0 Å². The molecule has 0 fully saturated rings. The van der Waals surface area contributed by atoms with Gasteiger partial charge in [0.1, 0.15) is 11.5 Å². The first kappa shape index (κ1) is 12.6. The van der Waals surface area contributed by atoms with Crippen LogP contribution in [0, 0.1) is 5.82 Å². The molecular formula is C16H10FN3O2. The number of anilines is 2. The summed E-state index contributed by atoms with van der Waals surface area (Å²) in [5.74, 6) is -0.802. The van der Waals surface area contributed by atoms with Crippen LogP contribution in [0.5, 0.6) is 0 Å². The van der Waals surface area contributed by atoms with E-state index < -0.39 is 5.82 Å². The molecule has 2 aliphatic rings. The summed E-state index contributed by atoms with van der Waals surface area (Å²) < 4.78 is 13.5. The van der Waals surface area contributed by atoms with Gasteiger partial charge in [-0.3, -0.25) is 4.79 Å². The van der Waals surface area contributed by atoms with E-state index in [1.165, 1.54) is 18.2 Å². The molecule has 1 amide bonds. The van der Waals surface area contributed by atoms with Crippen molar-refractivity contribution in [2.75, 3.05) is 10.6 Å². The summed E-state index contributed by atoms with van der Waals surface area (Å²) in [6.07, 6.45) is 0. The van der Waals surface area contributed by atoms with Crippen LogP contribution in [-0.4, -0.2) is 16.8 Å². The fraction of sp³-hybridized carbons (Fsp3) is 0. The van der Waals surface area contributed by atoms with Crippen LogP contribution < -0.4 is 10.6 Å². The van der Waals surface area contributed by atoms with Crippen LogP contribution in [0.4, 0.5) is 15.8 Å². The topological polar surface area (TPSA) is 73.7 Å². The fourth-order valence-corrected chi connectivity index (χ4v) is 2.80. The second-order valence-electron chi connectivity index (χ2n) is 5.01. The number of benzene rings is 2. The first-order chi connectivity index (χ1) is 10.7. The summed E-state index contributed by atoms with van der Waals surface area (Å²) in [6.45, 7) is 0. The average molecular weight is 295 g/mol. The van der Waals surface area contributed by atoms with Crippen LogP contribution in [0.2, 0.25) is 0 Å². The number of para-hydroxylation sites is 1. The largest absolute Gasteiger partial charge is 0.410 e. The highest BCUT2D eigenvalue weighted by molar-refractivity contribution is 6.39. The Hall–Kier alpha value is -3.15. The number of hydrogen-bond donors (Lipinski definition) is 3. The minimum absolute atomic E-state index is 0.262. The number of halogens is 1. The molecule has 0 unspecified atom stereocenters. The first-order valence-corrected chi connectivity index (χ1v) is 6.63. The van der Waals surface area contributed by atoms with Crippen molar-refractivity contribution in [2.45, 2.75) is 0 Å². The fourth-order valence-electron chi connectivity index (χ4n) is 2.80. The van der Waals surface area contributed by atoms with E-state index >= 15 is 0 Å². The van der Waals surface area contributed by atoms with Crippen LogP contribution in [-0.2, 0) is 4.79 Å². The van der Waals surface area contributed by atoms with Gasteiger partial charge in [-0.05, 0) is 24.3 Å². The molecule has 0 saturated heterocycles. The van der Waals surface area contributed by atoms with Gasteiger partial charge in [0.05, 0.1) is 11.3 Å².